The van der Waals surface area contributed by atoms with E-state index in [1.807, 2.05) is 13.8 Å². The Morgan fingerprint density at radius 2 is 1.71 bits per heavy atom. The molecule has 1 saturated carbocycles. The summed E-state index contributed by atoms with van der Waals surface area (Å²) in [7, 11) is 0. The lowest BCUT2D eigenvalue weighted by Crippen LogP contribution is -2.32. The summed E-state index contributed by atoms with van der Waals surface area (Å²) in [5.41, 5.74) is 0.163. The first-order valence-corrected chi connectivity index (χ1v) is 8.15. The molecule has 21 heavy (non-hydrogen) atoms. The van der Waals surface area contributed by atoms with E-state index in [4.69, 9.17) is 0 Å². The quantitative estimate of drug-likeness (QED) is 0.540. The monoisotopic (exact) mass is 411 g/mol. The Morgan fingerprint density at radius 1 is 1.19 bits per heavy atom. The van der Waals surface area contributed by atoms with Gasteiger partial charge in [-0.15, -0.1) is 0 Å². The van der Waals surface area contributed by atoms with Gasteiger partial charge in [-0.3, -0.25) is 4.79 Å². The van der Waals surface area contributed by atoms with Crippen molar-refractivity contribution in [3.05, 3.63) is 35.4 Å². The number of halogens is 4. The van der Waals surface area contributed by atoms with Gasteiger partial charge in [-0.05, 0) is 31.5 Å². The second-order valence-corrected chi connectivity index (χ2v) is 6.56. The highest BCUT2D eigenvalue weighted by Crippen LogP contribution is 2.54. The summed E-state index contributed by atoms with van der Waals surface area (Å²) in [5, 5.41) is 0. The van der Waals surface area contributed by atoms with Gasteiger partial charge in [0.05, 0.1) is 11.5 Å². The molecule has 0 radical (unpaired) electrons. The van der Waals surface area contributed by atoms with Crippen LogP contribution in [0.4, 0.5) is 13.2 Å². The summed E-state index contributed by atoms with van der Waals surface area (Å²) in [4.78, 5) is 14.1. The maximum atomic E-state index is 12.6. The normalized spacial score (nSPS) is 24.8. The summed E-state index contributed by atoms with van der Waals surface area (Å²) in [6, 6.07) is 5.18. The number of rotatable bonds is 4. The number of amides is 1. The van der Waals surface area contributed by atoms with E-state index in [9.17, 15) is 18.0 Å². The van der Waals surface area contributed by atoms with Crippen molar-refractivity contribution < 1.29 is 18.0 Å². The zero-order chi connectivity index (χ0) is 15.8. The largest absolute Gasteiger partial charge is 0.416 e. The van der Waals surface area contributed by atoms with E-state index in [0.717, 1.165) is 17.7 Å². The number of alkyl halides is 4. The molecular weight excluding hydrogens is 394 g/mol. The van der Waals surface area contributed by atoms with Crippen LogP contribution >= 0.6 is 22.6 Å². The third-order valence-electron chi connectivity index (χ3n) is 3.92. The number of hydrogen-bond donors (Lipinski definition) is 0. The average Bonchev–Trinajstić information content (AvgIpc) is 3.10. The number of benzene rings is 1. The molecule has 0 spiro atoms. The lowest BCUT2D eigenvalue weighted by atomic mass is 10.1. The van der Waals surface area contributed by atoms with Gasteiger partial charge in [0.25, 0.3) is 0 Å². The van der Waals surface area contributed by atoms with E-state index < -0.39 is 11.7 Å². The van der Waals surface area contributed by atoms with Crippen LogP contribution in [0.15, 0.2) is 24.3 Å². The van der Waals surface area contributed by atoms with E-state index in [1.165, 1.54) is 12.1 Å². The zero-order valence-electron chi connectivity index (χ0n) is 11.8. The van der Waals surface area contributed by atoms with Crippen LogP contribution in [0.2, 0.25) is 0 Å². The highest BCUT2D eigenvalue weighted by molar-refractivity contribution is 14.1. The van der Waals surface area contributed by atoms with Gasteiger partial charge in [0.2, 0.25) is 5.91 Å². The molecule has 0 unspecified atom stereocenters. The molecule has 3 atom stereocenters. The molecule has 1 amide bonds. The van der Waals surface area contributed by atoms with Crippen LogP contribution in [0.5, 0.6) is 0 Å². The lowest BCUT2D eigenvalue weighted by Gasteiger charge is -2.18. The lowest BCUT2D eigenvalue weighted by molar-refractivity contribution is -0.137. The average molecular weight is 411 g/mol. The van der Waals surface area contributed by atoms with Crippen molar-refractivity contribution in [2.45, 2.75) is 29.9 Å². The minimum atomic E-state index is -4.32. The van der Waals surface area contributed by atoms with Gasteiger partial charge >= 0.3 is 6.18 Å². The molecule has 0 aromatic heterocycles. The van der Waals surface area contributed by atoms with Gasteiger partial charge in [-0.2, -0.15) is 13.2 Å². The molecule has 0 N–H and O–H groups in total. The fraction of sp³-hybridized carbons (Fsp3) is 0.533. The molecule has 1 aliphatic rings. The van der Waals surface area contributed by atoms with Gasteiger partial charge in [0.15, 0.2) is 0 Å². The zero-order valence-corrected chi connectivity index (χ0v) is 14.0. The number of carbonyl (C=O) groups is 1. The van der Waals surface area contributed by atoms with Crippen molar-refractivity contribution in [3.8, 4) is 0 Å². The van der Waals surface area contributed by atoms with Crippen molar-refractivity contribution in [3.63, 3.8) is 0 Å². The molecule has 0 bridgehead atoms. The van der Waals surface area contributed by atoms with Crippen molar-refractivity contribution >= 4 is 28.5 Å². The van der Waals surface area contributed by atoms with Crippen LogP contribution in [0.25, 0.3) is 0 Å². The van der Waals surface area contributed by atoms with Crippen LogP contribution in [-0.4, -0.2) is 27.8 Å². The molecule has 1 aromatic rings. The fourth-order valence-electron chi connectivity index (χ4n) is 2.60. The van der Waals surface area contributed by atoms with Gasteiger partial charge < -0.3 is 4.90 Å². The Labute approximate surface area is 135 Å². The second kappa shape index (κ2) is 6.14. The maximum absolute atomic E-state index is 12.6. The van der Waals surface area contributed by atoms with E-state index in [1.54, 1.807) is 4.90 Å². The molecule has 1 aliphatic carbocycles. The molecule has 0 aliphatic heterocycles. The second-order valence-electron chi connectivity index (χ2n) is 5.13. The van der Waals surface area contributed by atoms with Crippen molar-refractivity contribution in [1.82, 2.24) is 4.90 Å². The Morgan fingerprint density at radius 3 is 2.14 bits per heavy atom. The summed E-state index contributed by atoms with van der Waals surface area (Å²) >= 11 is 2.22. The van der Waals surface area contributed by atoms with Crippen LogP contribution in [0.3, 0.4) is 0 Å². The third kappa shape index (κ3) is 3.35. The third-order valence-corrected chi connectivity index (χ3v) is 5.46. The molecule has 0 heterocycles. The van der Waals surface area contributed by atoms with Crippen molar-refractivity contribution in [2.24, 2.45) is 5.92 Å². The number of hydrogen-bond acceptors (Lipinski definition) is 1. The van der Waals surface area contributed by atoms with Crippen molar-refractivity contribution in [1.29, 1.82) is 0 Å². The predicted molar refractivity (Wildman–Crippen MR) is 83.4 cm³/mol. The Hall–Kier alpha value is -0.790. The highest BCUT2D eigenvalue weighted by atomic mass is 127. The van der Waals surface area contributed by atoms with Gasteiger partial charge in [0.1, 0.15) is 0 Å². The minimum absolute atomic E-state index is 0.0287. The minimum Gasteiger partial charge on any atom is -0.343 e. The van der Waals surface area contributed by atoms with Crippen LogP contribution < -0.4 is 0 Å². The molecule has 116 valence electrons. The molecule has 2 rings (SSSR count). The van der Waals surface area contributed by atoms with Gasteiger partial charge in [-0.25, -0.2) is 0 Å². The summed E-state index contributed by atoms with van der Waals surface area (Å²) in [5.74, 6) is 0.0209. The number of nitrogens with zero attached hydrogens (tertiary/aromatic N) is 1. The molecule has 6 heteroatoms. The summed E-state index contributed by atoms with van der Waals surface area (Å²) < 4.78 is 37.8. The SMILES string of the molecule is CCN(CC)C(=O)[C@H]1[C@H](I)[C@@H]1c1ccc(C(F)(F)F)cc1. The van der Waals surface area contributed by atoms with Gasteiger partial charge in [-0.1, -0.05) is 34.7 Å². The van der Waals surface area contributed by atoms with E-state index in [2.05, 4.69) is 22.6 Å². The Bertz CT molecular complexity index is 511. The van der Waals surface area contributed by atoms with Crippen molar-refractivity contribution in [2.75, 3.05) is 13.1 Å². The molecule has 1 fully saturated rings. The molecular formula is C15H17F3INO. The standard InChI is InChI=1S/C15H17F3INO/c1-3-20(4-2)14(21)12-11(13(12)19)9-5-7-10(8-6-9)15(16,17)18/h5-8,11-13H,3-4H2,1-2H3/t11-,12-,13-/m1/s1. The summed E-state index contributed by atoms with van der Waals surface area (Å²) in [6.45, 7) is 5.18. The van der Waals surface area contributed by atoms with Gasteiger partial charge in [0, 0.05) is 22.9 Å². The highest BCUT2D eigenvalue weighted by Gasteiger charge is 2.54. The number of carbonyl (C=O) groups excluding carboxylic acids is 1. The molecule has 0 saturated heterocycles. The predicted octanol–water partition coefficient (Wildman–Crippen LogP) is 4.09. The maximum Gasteiger partial charge on any atom is 0.416 e. The van der Waals surface area contributed by atoms with Crippen LogP contribution in [0.1, 0.15) is 30.9 Å². The summed E-state index contributed by atoms with van der Waals surface area (Å²) in [6.07, 6.45) is -4.32. The topological polar surface area (TPSA) is 20.3 Å². The fourth-order valence-corrected chi connectivity index (χ4v) is 3.97. The van der Waals surface area contributed by atoms with E-state index >= 15 is 0 Å². The first-order chi connectivity index (χ1) is 9.81. The first-order valence-electron chi connectivity index (χ1n) is 6.91. The molecule has 2 nitrogen and oxygen atoms in total. The Kier molecular flexibility index (Phi) is 4.85. The molecule has 1 aromatic carbocycles. The van der Waals surface area contributed by atoms with Crippen LogP contribution in [0, 0.1) is 5.92 Å². The smallest absolute Gasteiger partial charge is 0.343 e. The first kappa shape index (κ1) is 16.6. The Balaban J connectivity index is 2.12. The van der Waals surface area contributed by atoms with E-state index in [0.29, 0.717) is 13.1 Å². The van der Waals surface area contributed by atoms with E-state index in [-0.39, 0.29) is 21.7 Å². The van der Waals surface area contributed by atoms with Crippen LogP contribution in [-0.2, 0) is 11.0 Å².